The van der Waals surface area contributed by atoms with E-state index in [4.69, 9.17) is 9.84 Å². The largest absolute Gasteiger partial charge is 0.394 e. The molecule has 3 N–H and O–H groups in total. The molecule has 0 aliphatic rings. The molecule has 0 radical (unpaired) electrons. The van der Waals surface area contributed by atoms with Gasteiger partial charge in [0.25, 0.3) is 5.91 Å². The fourth-order valence-electron chi connectivity index (χ4n) is 1.86. The highest BCUT2D eigenvalue weighted by atomic mass is 79.9. The number of aromatic amines is 1. The number of aromatic nitrogens is 1. The summed E-state index contributed by atoms with van der Waals surface area (Å²) in [4.78, 5) is 15.0. The van der Waals surface area contributed by atoms with Crippen LogP contribution in [0.25, 0.3) is 10.9 Å². The highest BCUT2D eigenvalue weighted by Gasteiger charge is 2.08. The first kappa shape index (κ1) is 15.0. The summed E-state index contributed by atoms with van der Waals surface area (Å²) in [5.74, 6) is -0.125. The number of amides is 1. The third-order valence-corrected chi connectivity index (χ3v) is 3.31. The van der Waals surface area contributed by atoms with Crippen LogP contribution in [-0.2, 0) is 4.74 Å². The third-order valence-electron chi connectivity index (χ3n) is 2.82. The van der Waals surface area contributed by atoms with E-state index in [9.17, 15) is 4.79 Å². The minimum atomic E-state index is -0.125. The maximum atomic E-state index is 12.0. The molecule has 0 fully saturated rings. The highest BCUT2D eigenvalue weighted by Crippen LogP contribution is 2.20. The van der Waals surface area contributed by atoms with Crippen LogP contribution in [0.15, 0.2) is 28.7 Å². The van der Waals surface area contributed by atoms with Gasteiger partial charge in [-0.15, -0.1) is 0 Å². The zero-order chi connectivity index (χ0) is 14.4. The van der Waals surface area contributed by atoms with E-state index in [1.807, 2.05) is 24.3 Å². The Hall–Kier alpha value is -1.37. The number of carbonyl (C=O) groups is 1. The van der Waals surface area contributed by atoms with Gasteiger partial charge in [0, 0.05) is 28.5 Å². The van der Waals surface area contributed by atoms with Crippen molar-refractivity contribution in [3.8, 4) is 0 Å². The van der Waals surface area contributed by atoms with E-state index < -0.39 is 0 Å². The minimum absolute atomic E-state index is 0.0248. The van der Waals surface area contributed by atoms with Crippen molar-refractivity contribution in [1.29, 1.82) is 0 Å². The molecule has 0 saturated heterocycles. The number of H-pyrrole nitrogens is 1. The van der Waals surface area contributed by atoms with Crippen molar-refractivity contribution in [1.82, 2.24) is 10.3 Å². The lowest BCUT2D eigenvalue weighted by Crippen LogP contribution is -2.25. The molecule has 5 nitrogen and oxygen atoms in total. The normalized spacial score (nSPS) is 10.9. The zero-order valence-electron chi connectivity index (χ0n) is 11.0. The average Bonchev–Trinajstić information content (AvgIpc) is 2.85. The van der Waals surface area contributed by atoms with Crippen LogP contribution in [0.1, 0.15) is 16.9 Å². The van der Waals surface area contributed by atoms with Gasteiger partial charge in [-0.25, -0.2) is 0 Å². The molecule has 1 heterocycles. The van der Waals surface area contributed by atoms with Crippen molar-refractivity contribution in [3.63, 3.8) is 0 Å². The molecule has 0 bridgehead atoms. The molecule has 0 atom stereocenters. The third kappa shape index (κ3) is 4.06. The number of rotatable bonds is 7. The van der Waals surface area contributed by atoms with Crippen LogP contribution in [0.2, 0.25) is 0 Å². The van der Waals surface area contributed by atoms with Crippen molar-refractivity contribution < 1.29 is 14.6 Å². The summed E-state index contributed by atoms with van der Waals surface area (Å²) in [5.41, 5.74) is 1.48. The zero-order valence-corrected chi connectivity index (χ0v) is 12.6. The van der Waals surface area contributed by atoms with Gasteiger partial charge < -0.3 is 20.1 Å². The van der Waals surface area contributed by atoms with E-state index >= 15 is 0 Å². The topological polar surface area (TPSA) is 74.3 Å². The van der Waals surface area contributed by atoms with E-state index in [2.05, 4.69) is 26.2 Å². The fourth-order valence-corrected chi connectivity index (χ4v) is 2.22. The Morgan fingerprint density at radius 2 is 2.20 bits per heavy atom. The van der Waals surface area contributed by atoms with Crippen LogP contribution in [0.3, 0.4) is 0 Å². The molecule has 0 saturated carbocycles. The number of aliphatic hydroxyl groups is 1. The molecule has 0 aliphatic heterocycles. The summed E-state index contributed by atoms with van der Waals surface area (Å²) in [6.07, 6.45) is 0.720. The van der Waals surface area contributed by atoms with E-state index in [0.717, 1.165) is 21.8 Å². The summed E-state index contributed by atoms with van der Waals surface area (Å²) in [6, 6.07) is 7.67. The Morgan fingerprint density at radius 1 is 1.35 bits per heavy atom. The van der Waals surface area contributed by atoms with E-state index in [-0.39, 0.29) is 12.5 Å². The quantitative estimate of drug-likeness (QED) is 0.675. The predicted octanol–water partition coefficient (Wildman–Crippen LogP) is 2.06. The number of fused-ring (bicyclic) bond motifs is 1. The number of halogens is 1. The lowest BCUT2D eigenvalue weighted by Gasteiger charge is -2.04. The van der Waals surface area contributed by atoms with Gasteiger partial charge in [-0.2, -0.15) is 0 Å². The molecule has 1 aromatic heterocycles. The number of hydrogen-bond donors (Lipinski definition) is 3. The Kier molecular flexibility index (Phi) is 5.58. The maximum absolute atomic E-state index is 12.0. The number of ether oxygens (including phenoxy) is 1. The lowest BCUT2D eigenvalue weighted by molar-refractivity contribution is 0.0866. The number of nitrogens with one attached hydrogen (secondary N) is 2. The highest BCUT2D eigenvalue weighted by molar-refractivity contribution is 9.10. The van der Waals surface area contributed by atoms with Crippen molar-refractivity contribution in [2.75, 3.05) is 26.4 Å². The Balaban J connectivity index is 1.85. The van der Waals surface area contributed by atoms with Gasteiger partial charge in [0.05, 0.1) is 13.2 Å². The van der Waals surface area contributed by atoms with Crippen LogP contribution >= 0.6 is 15.9 Å². The standard InChI is InChI=1S/C14H17BrN2O3/c15-11-3-2-10-8-13(17-12(10)9-11)14(19)16-4-1-6-20-7-5-18/h2-3,8-9,17-18H,1,4-7H2,(H,16,19). The van der Waals surface area contributed by atoms with Gasteiger partial charge >= 0.3 is 0 Å². The SMILES string of the molecule is O=C(NCCCOCCO)c1cc2ccc(Br)cc2[nH]1. The monoisotopic (exact) mass is 340 g/mol. The first-order chi connectivity index (χ1) is 9.70. The van der Waals surface area contributed by atoms with Gasteiger partial charge in [0.1, 0.15) is 5.69 Å². The molecule has 0 unspecified atom stereocenters. The summed E-state index contributed by atoms with van der Waals surface area (Å²) in [7, 11) is 0. The fraction of sp³-hybridized carbons (Fsp3) is 0.357. The number of hydrogen-bond acceptors (Lipinski definition) is 3. The molecule has 2 aromatic rings. The van der Waals surface area contributed by atoms with Crippen LogP contribution in [0.4, 0.5) is 0 Å². The average molecular weight is 341 g/mol. The number of carbonyl (C=O) groups excluding carboxylic acids is 1. The smallest absolute Gasteiger partial charge is 0.267 e. The molecular formula is C14H17BrN2O3. The summed E-state index contributed by atoms with van der Waals surface area (Å²) in [6.45, 7) is 1.44. The van der Waals surface area contributed by atoms with Crippen molar-refractivity contribution in [2.24, 2.45) is 0 Å². The van der Waals surface area contributed by atoms with Gasteiger partial charge in [-0.1, -0.05) is 22.0 Å². The summed E-state index contributed by atoms with van der Waals surface area (Å²) < 4.78 is 6.09. The van der Waals surface area contributed by atoms with Gasteiger partial charge in [0.2, 0.25) is 0 Å². The van der Waals surface area contributed by atoms with Crippen LogP contribution in [0.5, 0.6) is 0 Å². The molecule has 0 aliphatic carbocycles. The summed E-state index contributed by atoms with van der Waals surface area (Å²) >= 11 is 3.40. The second-order valence-corrected chi connectivity index (χ2v) is 5.28. The van der Waals surface area contributed by atoms with Crippen molar-refractivity contribution in [2.45, 2.75) is 6.42 Å². The van der Waals surface area contributed by atoms with Crippen LogP contribution in [0, 0.1) is 0 Å². The Bertz CT molecular complexity index is 583. The molecular weight excluding hydrogens is 324 g/mol. The summed E-state index contributed by atoms with van der Waals surface area (Å²) in [5, 5.41) is 12.4. The molecule has 108 valence electrons. The van der Waals surface area contributed by atoms with Crippen molar-refractivity contribution in [3.05, 3.63) is 34.4 Å². The molecule has 0 spiro atoms. The maximum Gasteiger partial charge on any atom is 0.267 e. The Labute approximate surface area is 125 Å². The van der Waals surface area contributed by atoms with Crippen LogP contribution in [-0.4, -0.2) is 42.4 Å². The van der Waals surface area contributed by atoms with Gasteiger partial charge in [-0.3, -0.25) is 4.79 Å². The molecule has 2 rings (SSSR count). The molecule has 1 aromatic carbocycles. The van der Waals surface area contributed by atoms with E-state index in [1.54, 1.807) is 0 Å². The van der Waals surface area contributed by atoms with E-state index in [1.165, 1.54) is 0 Å². The second-order valence-electron chi connectivity index (χ2n) is 4.36. The van der Waals surface area contributed by atoms with Gasteiger partial charge in [-0.05, 0) is 24.6 Å². The second kappa shape index (κ2) is 7.42. The molecule has 1 amide bonds. The minimum Gasteiger partial charge on any atom is -0.394 e. The van der Waals surface area contributed by atoms with E-state index in [0.29, 0.717) is 25.5 Å². The van der Waals surface area contributed by atoms with Crippen molar-refractivity contribution >= 4 is 32.7 Å². The number of benzene rings is 1. The first-order valence-corrected chi connectivity index (χ1v) is 7.25. The van der Waals surface area contributed by atoms with Crippen LogP contribution < -0.4 is 5.32 Å². The Morgan fingerprint density at radius 3 is 3.00 bits per heavy atom. The molecule has 6 heteroatoms. The number of aliphatic hydroxyl groups excluding tert-OH is 1. The first-order valence-electron chi connectivity index (χ1n) is 6.46. The van der Waals surface area contributed by atoms with Gasteiger partial charge in [0.15, 0.2) is 0 Å². The molecule has 20 heavy (non-hydrogen) atoms. The lowest BCUT2D eigenvalue weighted by atomic mass is 10.2. The predicted molar refractivity (Wildman–Crippen MR) is 80.9 cm³/mol.